The molecule has 2 aromatic rings. The van der Waals surface area contributed by atoms with Crippen LogP contribution in [-0.4, -0.2) is 6.54 Å². The molecule has 16 heavy (non-hydrogen) atoms. The molecule has 2 rings (SSSR count). The molecule has 0 saturated carbocycles. The molecule has 0 bridgehead atoms. The second-order valence-corrected chi connectivity index (χ2v) is 3.67. The van der Waals surface area contributed by atoms with Crippen LogP contribution in [0.25, 0.3) is 11.1 Å². The van der Waals surface area contributed by atoms with Gasteiger partial charge in [0.2, 0.25) is 0 Å². The van der Waals surface area contributed by atoms with E-state index in [2.05, 4.69) is 29.4 Å². The lowest BCUT2D eigenvalue weighted by atomic mass is 10.0. The number of benzene rings is 2. The predicted octanol–water partition coefficient (Wildman–Crippen LogP) is 3.66. The number of nitroso groups, excluding NO2 is 1. The summed E-state index contributed by atoms with van der Waals surface area (Å²) in [6.45, 7) is 0.352. The first-order chi connectivity index (χ1) is 7.90. The highest BCUT2D eigenvalue weighted by molar-refractivity contribution is 5.63. The monoisotopic (exact) mass is 211 g/mol. The largest absolute Gasteiger partial charge is 0.151 e. The molecule has 0 saturated heterocycles. The molecule has 0 fully saturated rings. The highest BCUT2D eigenvalue weighted by Gasteiger charge is 1.97. The van der Waals surface area contributed by atoms with Gasteiger partial charge in [-0.2, -0.15) is 4.91 Å². The lowest BCUT2D eigenvalue weighted by Crippen LogP contribution is -1.88. The highest BCUT2D eigenvalue weighted by Crippen LogP contribution is 2.19. The Morgan fingerprint density at radius 2 is 1.44 bits per heavy atom. The van der Waals surface area contributed by atoms with Gasteiger partial charge in [-0.05, 0) is 23.1 Å². The van der Waals surface area contributed by atoms with E-state index in [4.69, 9.17) is 0 Å². The van der Waals surface area contributed by atoms with Crippen LogP contribution in [0.15, 0.2) is 59.8 Å². The minimum atomic E-state index is 0.352. The molecule has 2 nitrogen and oxygen atoms in total. The quantitative estimate of drug-likeness (QED) is 0.709. The Labute approximate surface area is 94.9 Å². The first-order valence-electron chi connectivity index (χ1n) is 5.33. The number of hydrogen-bond acceptors (Lipinski definition) is 2. The summed E-state index contributed by atoms with van der Waals surface area (Å²) in [6, 6.07) is 18.5. The maximum Gasteiger partial charge on any atom is 0.0851 e. The maximum absolute atomic E-state index is 10.0. The second kappa shape index (κ2) is 5.21. The van der Waals surface area contributed by atoms with E-state index in [0.717, 1.165) is 12.0 Å². The summed E-state index contributed by atoms with van der Waals surface area (Å²) < 4.78 is 0. The van der Waals surface area contributed by atoms with E-state index in [0.29, 0.717) is 6.54 Å². The topological polar surface area (TPSA) is 29.4 Å². The molecule has 0 unspecified atom stereocenters. The number of hydrogen-bond donors (Lipinski definition) is 0. The third-order valence-corrected chi connectivity index (χ3v) is 2.55. The van der Waals surface area contributed by atoms with Crippen molar-refractivity contribution in [3.8, 4) is 11.1 Å². The fourth-order valence-electron chi connectivity index (χ4n) is 1.67. The Balaban J connectivity index is 2.16. The molecule has 80 valence electrons. The van der Waals surface area contributed by atoms with Crippen LogP contribution in [0.5, 0.6) is 0 Å². The average Bonchev–Trinajstić information content (AvgIpc) is 2.38. The maximum atomic E-state index is 10.0. The molecule has 0 atom stereocenters. The summed E-state index contributed by atoms with van der Waals surface area (Å²) in [5.74, 6) is 0. The van der Waals surface area contributed by atoms with Crippen molar-refractivity contribution in [1.82, 2.24) is 0 Å². The van der Waals surface area contributed by atoms with Gasteiger partial charge in [0, 0.05) is 0 Å². The van der Waals surface area contributed by atoms with Crippen LogP contribution in [0.3, 0.4) is 0 Å². The summed E-state index contributed by atoms with van der Waals surface area (Å²) in [6.07, 6.45) is 0.721. The van der Waals surface area contributed by atoms with Gasteiger partial charge in [-0.3, -0.25) is 0 Å². The van der Waals surface area contributed by atoms with Crippen molar-refractivity contribution in [3.63, 3.8) is 0 Å². The Morgan fingerprint density at radius 3 is 2.06 bits per heavy atom. The Bertz CT molecular complexity index is 448. The average molecular weight is 211 g/mol. The van der Waals surface area contributed by atoms with Gasteiger partial charge in [-0.15, -0.1) is 0 Å². The van der Waals surface area contributed by atoms with Gasteiger partial charge >= 0.3 is 0 Å². The van der Waals surface area contributed by atoms with Gasteiger partial charge in [0.05, 0.1) is 6.54 Å². The first-order valence-corrected chi connectivity index (χ1v) is 5.33. The molecule has 2 aromatic carbocycles. The van der Waals surface area contributed by atoms with E-state index >= 15 is 0 Å². The van der Waals surface area contributed by atoms with Gasteiger partial charge in [0.25, 0.3) is 0 Å². The van der Waals surface area contributed by atoms with Crippen LogP contribution >= 0.6 is 0 Å². The second-order valence-electron chi connectivity index (χ2n) is 3.67. The number of nitrogens with zero attached hydrogens (tertiary/aromatic N) is 1. The zero-order chi connectivity index (χ0) is 11.2. The Kier molecular flexibility index (Phi) is 3.44. The van der Waals surface area contributed by atoms with Gasteiger partial charge in [0.15, 0.2) is 0 Å². The van der Waals surface area contributed by atoms with Crippen LogP contribution in [0.4, 0.5) is 0 Å². The molecule has 0 aromatic heterocycles. The fourth-order valence-corrected chi connectivity index (χ4v) is 1.67. The van der Waals surface area contributed by atoms with Gasteiger partial charge in [-0.25, -0.2) is 0 Å². The van der Waals surface area contributed by atoms with E-state index in [1.165, 1.54) is 11.1 Å². The molecule has 0 spiro atoms. The fraction of sp³-hybridized carbons (Fsp3) is 0.143. The lowest BCUT2D eigenvalue weighted by Gasteiger charge is -2.02. The van der Waals surface area contributed by atoms with Crippen LogP contribution in [-0.2, 0) is 6.42 Å². The molecular formula is C14H13NO. The zero-order valence-corrected chi connectivity index (χ0v) is 8.97. The molecule has 0 aliphatic heterocycles. The van der Waals surface area contributed by atoms with E-state index in [9.17, 15) is 4.91 Å². The van der Waals surface area contributed by atoms with Crippen molar-refractivity contribution in [2.45, 2.75) is 6.42 Å². The van der Waals surface area contributed by atoms with E-state index in [1.54, 1.807) is 0 Å². The van der Waals surface area contributed by atoms with E-state index in [1.807, 2.05) is 30.3 Å². The molecule has 0 amide bonds. The summed E-state index contributed by atoms with van der Waals surface area (Å²) in [4.78, 5) is 10.0. The molecule has 0 aliphatic rings. The summed E-state index contributed by atoms with van der Waals surface area (Å²) in [7, 11) is 0. The summed E-state index contributed by atoms with van der Waals surface area (Å²) in [5.41, 5.74) is 3.56. The smallest absolute Gasteiger partial charge is 0.0851 e. The predicted molar refractivity (Wildman–Crippen MR) is 66.2 cm³/mol. The third kappa shape index (κ3) is 2.54. The third-order valence-electron chi connectivity index (χ3n) is 2.55. The summed E-state index contributed by atoms with van der Waals surface area (Å²) in [5, 5.41) is 2.86. The molecular weight excluding hydrogens is 198 g/mol. The van der Waals surface area contributed by atoms with E-state index in [-0.39, 0.29) is 0 Å². The van der Waals surface area contributed by atoms with Crippen molar-refractivity contribution in [2.75, 3.05) is 6.54 Å². The van der Waals surface area contributed by atoms with Crippen molar-refractivity contribution >= 4 is 0 Å². The van der Waals surface area contributed by atoms with Gasteiger partial charge in [0.1, 0.15) is 0 Å². The standard InChI is InChI=1S/C14H13NO/c16-15-11-10-12-6-8-14(9-7-12)13-4-2-1-3-5-13/h1-9H,10-11H2. The van der Waals surface area contributed by atoms with Crippen LogP contribution in [0.1, 0.15) is 5.56 Å². The van der Waals surface area contributed by atoms with Crippen molar-refractivity contribution < 1.29 is 0 Å². The minimum Gasteiger partial charge on any atom is -0.151 e. The molecule has 0 aliphatic carbocycles. The number of rotatable bonds is 4. The molecule has 2 heteroatoms. The lowest BCUT2D eigenvalue weighted by molar-refractivity contribution is 0.961. The molecule has 0 heterocycles. The normalized spacial score (nSPS) is 10.0. The molecule has 0 N–H and O–H groups in total. The van der Waals surface area contributed by atoms with Crippen molar-refractivity contribution in [2.24, 2.45) is 5.18 Å². The Morgan fingerprint density at radius 1 is 0.812 bits per heavy atom. The van der Waals surface area contributed by atoms with E-state index < -0.39 is 0 Å². The Hall–Kier alpha value is -1.96. The van der Waals surface area contributed by atoms with Gasteiger partial charge < -0.3 is 0 Å². The SMILES string of the molecule is O=NCCc1ccc(-c2ccccc2)cc1. The van der Waals surface area contributed by atoms with Gasteiger partial charge in [-0.1, -0.05) is 59.8 Å². The van der Waals surface area contributed by atoms with Crippen molar-refractivity contribution in [3.05, 3.63) is 65.1 Å². The summed E-state index contributed by atoms with van der Waals surface area (Å²) >= 11 is 0. The highest BCUT2D eigenvalue weighted by atomic mass is 16.3. The van der Waals surface area contributed by atoms with Crippen LogP contribution in [0, 0.1) is 4.91 Å². The van der Waals surface area contributed by atoms with Crippen molar-refractivity contribution in [1.29, 1.82) is 0 Å². The zero-order valence-electron chi connectivity index (χ0n) is 8.97. The van der Waals surface area contributed by atoms with Crippen LogP contribution in [0.2, 0.25) is 0 Å². The molecule has 0 radical (unpaired) electrons. The first kappa shape index (κ1) is 10.6. The minimum absolute atomic E-state index is 0.352. The van der Waals surface area contributed by atoms with Crippen LogP contribution < -0.4 is 0 Å².